The molecule has 47 heavy (non-hydrogen) atoms. The molecule has 5 aromatic rings. The van der Waals surface area contributed by atoms with Crippen LogP contribution in [-0.2, 0) is 24.0 Å². The van der Waals surface area contributed by atoms with Crippen molar-refractivity contribution in [1.29, 1.82) is 0 Å². The summed E-state index contributed by atoms with van der Waals surface area (Å²) in [5.74, 6) is 0.830. The summed E-state index contributed by atoms with van der Waals surface area (Å²) < 4.78 is 26.9. The summed E-state index contributed by atoms with van der Waals surface area (Å²) in [4.78, 5) is 25.2. The van der Waals surface area contributed by atoms with E-state index in [1.165, 1.54) is 11.3 Å². The van der Waals surface area contributed by atoms with Gasteiger partial charge in [-0.2, -0.15) is 0 Å². The number of carbonyl (C=O) groups is 1. The minimum absolute atomic E-state index is 0.230. The summed E-state index contributed by atoms with van der Waals surface area (Å²) in [7, 11) is 1.91. The van der Waals surface area contributed by atoms with Crippen molar-refractivity contribution in [2.45, 2.75) is 52.4 Å². The average Bonchev–Trinajstić information content (AvgIpc) is 3.69. The first kappa shape index (κ1) is 32.7. The zero-order valence-electron chi connectivity index (χ0n) is 26.8. The molecule has 0 fully saturated rings. The molecule has 10 nitrogen and oxygen atoms in total. The van der Waals surface area contributed by atoms with Gasteiger partial charge in [0.25, 0.3) is 0 Å². The van der Waals surface area contributed by atoms with E-state index in [1.54, 1.807) is 30.4 Å². The fourth-order valence-corrected chi connectivity index (χ4v) is 7.58. The van der Waals surface area contributed by atoms with Crippen LogP contribution in [0.1, 0.15) is 58.2 Å². The summed E-state index contributed by atoms with van der Waals surface area (Å²) in [5.41, 5.74) is 4.29. The van der Waals surface area contributed by atoms with Crippen molar-refractivity contribution in [3.8, 4) is 5.75 Å². The van der Waals surface area contributed by atoms with Crippen molar-refractivity contribution in [3.05, 3.63) is 75.5 Å². The Morgan fingerprint density at radius 2 is 1.96 bits per heavy atom. The number of para-hydroxylation sites is 1. The van der Waals surface area contributed by atoms with Gasteiger partial charge in [-0.3, -0.25) is 0 Å². The van der Waals surface area contributed by atoms with E-state index in [0.29, 0.717) is 42.6 Å². The highest BCUT2D eigenvalue weighted by molar-refractivity contribution is 7.22. The number of halogens is 1. The third-order valence-corrected chi connectivity index (χ3v) is 10.1. The summed E-state index contributed by atoms with van der Waals surface area (Å²) in [6.45, 7) is 5.96. The summed E-state index contributed by atoms with van der Waals surface area (Å²) in [6, 6.07) is 13.2. The average molecular weight is 676 g/mol. The summed E-state index contributed by atoms with van der Waals surface area (Å²) in [6.07, 6.45) is 4.61. The van der Waals surface area contributed by atoms with Crippen LogP contribution < -0.4 is 20.3 Å². The molecule has 1 aliphatic heterocycles. The first-order valence-corrected chi connectivity index (χ1v) is 17.6. The van der Waals surface area contributed by atoms with Gasteiger partial charge >= 0.3 is 5.97 Å². The van der Waals surface area contributed by atoms with E-state index in [0.717, 1.165) is 75.0 Å². The summed E-state index contributed by atoms with van der Waals surface area (Å²) >= 11 is 3.02. The molecule has 0 spiro atoms. The second-order valence-electron chi connectivity index (χ2n) is 11.3. The van der Waals surface area contributed by atoms with Gasteiger partial charge in [-0.25, -0.2) is 19.2 Å². The van der Waals surface area contributed by atoms with Gasteiger partial charge in [-0.1, -0.05) is 29.5 Å². The molecular weight excluding hydrogens is 638 g/mol. The van der Waals surface area contributed by atoms with Gasteiger partial charge in [-0.15, -0.1) is 21.5 Å². The van der Waals surface area contributed by atoms with E-state index in [2.05, 4.69) is 25.8 Å². The van der Waals surface area contributed by atoms with Gasteiger partial charge in [-0.05, 0) is 95.8 Å². The minimum atomic E-state index is -0.458. The fraction of sp³-hybridized carbons (Fsp3) is 0.382. The number of carbonyl (C=O) groups excluding carboxylic acids is 1. The zero-order valence-corrected chi connectivity index (χ0v) is 28.4. The molecular formula is C34H38FN7O3S2. The molecule has 0 amide bonds. The summed E-state index contributed by atoms with van der Waals surface area (Å²) in [5, 5.41) is 17.1. The van der Waals surface area contributed by atoms with Crippen molar-refractivity contribution in [2.24, 2.45) is 0 Å². The topological polar surface area (TPSA) is 114 Å². The number of nitrogens with zero attached hydrogens (tertiary/aromatic N) is 5. The Balaban J connectivity index is 1.16. The van der Waals surface area contributed by atoms with Gasteiger partial charge in [0.1, 0.15) is 0 Å². The number of thiazole rings is 2. The van der Waals surface area contributed by atoms with E-state index in [4.69, 9.17) is 14.5 Å². The van der Waals surface area contributed by atoms with Gasteiger partial charge in [0.2, 0.25) is 0 Å². The molecule has 0 radical (unpaired) electrons. The number of rotatable bonds is 14. The van der Waals surface area contributed by atoms with Gasteiger partial charge in [0.15, 0.2) is 39.2 Å². The number of nitrogens with one attached hydrogen (secondary N) is 2. The molecule has 2 N–H and O–H groups in total. The predicted molar refractivity (Wildman–Crippen MR) is 186 cm³/mol. The maximum atomic E-state index is 14.7. The third kappa shape index (κ3) is 7.53. The minimum Gasteiger partial charge on any atom is -0.491 e. The molecule has 13 heteroatoms. The van der Waals surface area contributed by atoms with E-state index in [9.17, 15) is 9.18 Å². The van der Waals surface area contributed by atoms with Gasteiger partial charge in [0.05, 0.1) is 23.4 Å². The van der Waals surface area contributed by atoms with Crippen LogP contribution in [0.5, 0.6) is 5.75 Å². The number of aromatic nitrogens is 4. The van der Waals surface area contributed by atoms with Crippen LogP contribution in [0.2, 0.25) is 0 Å². The molecule has 6 rings (SSSR count). The maximum Gasteiger partial charge on any atom is 0.358 e. The lowest BCUT2D eigenvalue weighted by Gasteiger charge is -2.28. The van der Waals surface area contributed by atoms with Crippen molar-refractivity contribution in [3.63, 3.8) is 0 Å². The number of benzene rings is 2. The molecule has 0 bridgehead atoms. The fourth-order valence-electron chi connectivity index (χ4n) is 5.60. The Labute approximate surface area is 281 Å². The Morgan fingerprint density at radius 3 is 2.77 bits per heavy atom. The van der Waals surface area contributed by atoms with Crippen LogP contribution in [0.4, 0.5) is 26.3 Å². The molecule has 2 aromatic carbocycles. The lowest BCUT2D eigenvalue weighted by atomic mass is 10.0. The molecule has 246 valence electrons. The highest BCUT2D eigenvalue weighted by atomic mass is 32.1. The molecule has 0 aliphatic carbocycles. The van der Waals surface area contributed by atoms with Gasteiger partial charge < -0.3 is 25.0 Å². The smallest absolute Gasteiger partial charge is 0.358 e. The van der Waals surface area contributed by atoms with Crippen LogP contribution in [0.3, 0.4) is 0 Å². The number of fused-ring (bicyclic) bond motifs is 2. The van der Waals surface area contributed by atoms with Crippen molar-refractivity contribution < 1.29 is 18.7 Å². The molecule has 0 atom stereocenters. The second kappa shape index (κ2) is 15.1. The van der Waals surface area contributed by atoms with Crippen LogP contribution in [0.15, 0.2) is 42.5 Å². The van der Waals surface area contributed by atoms with Crippen molar-refractivity contribution in [2.75, 3.05) is 43.6 Å². The quantitative estimate of drug-likeness (QED) is 0.0929. The van der Waals surface area contributed by atoms with Crippen molar-refractivity contribution >= 4 is 60.8 Å². The first-order valence-electron chi connectivity index (χ1n) is 15.9. The number of hydrogen-bond donors (Lipinski definition) is 2. The molecule has 1 aliphatic rings. The highest BCUT2D eigenvalue weighted by Crippen LogP contribution is 2.39. The van der Waals surface area contributed by atoms with E-state index >= 15 is 0 Å². The number of anilines is 4. The van der Waals surface area contributed by atoms with Crippen LogP contribution in [-0.4, -0.2) is 59.5 Å². The Hall–Kier alpha value is -4.20. The standard InChI is InChI=1S/C34H38FN7O3S2/c1-4-44-32(43)29-28(14-9-19-45-26-16-15-22(20-24(26)35)10-7-17-36-3)47-34(38-29)42-18-8-11-23-21(2)30(40-41-31(23)42)39-33-37-25-12-5-6-13-27(25)46-33/h5-6,12-13,15-16,20,36H,4,7-11,14,17-19H2,1-3H3,(H,37,39,40). The van der Waals surface area contributed by atoms with E-state index in [1.807, 2.05) is 49.2 Å². The van der Waals surface area contributed by atoms with E-state index in [-0.39, 0.29) is 18.2 Å². The van der Waals surface area contributed by atoms with E-state index < -0.39 is 5.97 Å². The molecule has 3 aromatic heterocycles. The zero-order chi connectivity index (χ0) is 32.8. The van der Waals surface area contributed by atoms with Crippen LogP contribution >= 0.6 is 22.7 Å². The Bertz CT molecular complexity index is 1830. The highest BCUT2D eigenvalue weighted by Gasteiger charge is 2.29. The molecule has 0 saturated heterocycles. The number of ether oxygens (including phenoxy) is 2. The van der Waals surface area contributed by atoms with Gasteiger partial charge in [0, 0.05) is 22.5 Å². The maximum absolute atomic E-state index is 14.7. The largest absolute Gasteiger partial charge is 0.491 e. The normalized spacial score (nSPS) is 12.7. The monoisotopic (exact) mass is 675 g/mol. The third-order valence-electron chi connectivity index (χ3n) is 7.99. The van der Waals surface area contributed by atoms with Crippen LogP contribution in [0, 0.1) is 12.7 Å². The first-order chi connectivity index (χ1) is 22.9. The molecule has 4 heterocycles. The SMILES string of the molecule is CCOC(=O)c1nc(N2CCCc3c2nnc(Nc2nc4ccccc4s2)c3C)sc1CCCOc1ccc(CCCNC)cc1F. The van der Waals surface area contributed by atoms with Crippen LogP contribution in [0.25, 0.3) is 10.2 Å². The number of hydrogen-bond acceptors (Lipinski definition) is 12. The molecule has 0 saturated carbocycles. The molecule has 0 unspecified atom stereocenters. The predicted octanol–water partition coefficient (Wildman–Crippen LogP) is 7.16. The Kier molecular flexibility index (Phi) is 10.5. The van der Waals surface area contributed by atoms with Crippen molar-refractivity contribution in [1.82, 2.24) is 25.5 Å². The number of aryl methyl sites for hydroxylation is 2. The second-order valence-corrected chi connectivity index (χ2v) is 13.3. The number of esters is 1. The lowest BCUT2D eigenvalue weighted by Crippen LogP contribution is -2.27. The Morgan fingerprint density at radius 1 is 1.09 bits per heavy atom. The lowest BCUT2D eigenvalue weighted by molar-refractivity contribution is 0.0519.